The number of amides is 1. The van der Waals surface area contributed by atoms with Crippen LogP contribution in [0.15, 0.2) is 41.5 Å². The maximum Gasteiger partial charge on any atom is 0.236 e. The number of nitrogens with one attached hydrogen (secondary N) is 2. The Labute approximate surface area is 158 Å². The van der Waals surface area contributed by atoms with Gasteiger partial charge < -0.3 is 15.2 Å². The van der Waals surface area contributed by atoms with Gasteiger partial charge in [0.15, 0.2) is 0 Å². The summed E-state index contributed by atoms with van der Waals surface area (Å²) in [4.78, 5) is 18.5. The highest BCUT2D eigenvalue weighted by Gasteiger charge is 2.34. The van der Waals surface area contributed by atoms with Gasteiger partial charge in [-0.25, -0.2) is 0 Å². The van der Waals surface area contributed by atoms with Crippen molar-refractivity contribution in [2.75, 3.05) is 38.2 Å². The number of aromatic nitrogens is 2. The molecule has 1 amide bonds. The molecule has 8 nitrogen and oxygen atoms in total. The van der Waals surface area contributed by atoms with Crippen LogP contribution in [-0.4, -0.2) is 66.3 Å². The van der Waals surface area contributed by atoms with Crippen molar-refractivity contribution in [3.8, 4) is 5.75 Å². The van der Waals surface area contributed by atoms with Gasteiger partial charge >= 0.3 is 0 Å². The van der Waals surface area contributed by atoms with Crippen molar-refractivity contribution in [3.63, 3.8) is 0 Å². The molecule has 1 aromatic heterocycles. The number of para-hydroxylation sites is 1. The predicted molar refractivity (Wildman–Crippen MR) is 103 cm³/mol. The SMILES string of the molecule is CC1C(=O)N(C)c2[nH]ncc2C1=NCCNCC(O)COc1ccccc1. The van der Waals surface area contributed by atoms with Crippen molar-refractivity contribution < 1.29 is 14.6 Å². The number of fused-ring (bicyclic) bond motifs is 1. The van der Waals surface area contributed by atoms with Crippen molar-refractivity contribution in [2.24, 2.45) is 10.9 Å². The van der Waals surface area contributed by atoms with Gasteiger partial charge in [0.1, 0.15) is 24.3 Å². The van der Waals surface area contributed by atoms with Crippen LogP contribution >= 0.6 is 0 Å². The fraction of sp³-hybridized carbons (Fsp3) is 0.421. The van der Waals surface area contributed by atoms with E-state index < -0.39 is 6.10 Å². The van der Waals surface area contributed by atoms with Gasteiger partial charge in [-0.1, -0.05) is 18.2 Å². The van der Waals surface area contributed by atoms with Gasteiger partial charge in [0, 0.05) is 20.1 Å². The minimum absolute atomic E-state index is 0.00746. The fourth-order valence-corrected chi connectivity index (χ4v) is 2.99. The van der Waals surface area contributed by atoms with Gasteiger partial charge in [-0.2, -0.15) is 5.10 Å². The highest BCUT2D eigenvalue weighted by molar-refractivity contribution is 6.22. The van der Waals surface area contributed by atoms with Crippen molar-refractivity contribution in [3.05, 3.63) is 42.1 Å². The molecule has 1 aliphatic rings. The summed E-state index contributed by atoms with van der Waals surface area (Å²) in [6, 6.07) is 9.39. The largest absolute Gasteiger partial charge is 0.491 e. The minimum Gasteiger partial charge on any atom is -0.491 e. The van der Waals surface area contributed by atoms with E-state index in [0.29, 0.717) is 25.5 Å². The van der Waals surface area contributed by atoms with E-state index in [1.165, 1.54) is 0 Å². The smallest absolute Gasteiger partial charge is 0.236 e. The lowest BCUT2D eigenvalue weighted by Gasteiger charge is -2.27. The first-order chi connectivity index (χ1) is 13.1. The summed E-state index contributed by atoms with van der Waals surface area (Å²) in [5, 5.41) is 20.0. The first-order valence-corrected chi connectivity index (χ1v) is 9.00. The first kappa shape index (κ1) is 19.1. The number of rotatable bonds is 8. The molecule has 2 heterocycles. The third-order valence-corrected chi connectivity index (χ3v) is 4.48. The number of ether oxygens (including phenoxy) is 1. The van der Waals surface area contributed by atoms with Crippen molar-refractivity contribution in [1.29, 1.82) is 0 Å². The summed E-state index contributed by atoms with van der Waals surface area (Å²) in [7, 11) is 1.73. The second kappa shape index (κ2) is 8.79. The molecule has 0 bridgehead atoms. The van der Waals surface area contributed by atoms with E-state index in [9.17, 15) is 9.90 Å². The maximum absolute atomic E-state index is 12.3. The highest BCUT2D eigenvalue weighted by Crippen LogP contribution is 2.27. The van der Waals surface area contributed by atoms with Gasteiger partial charge in [0.25, 0.3) is 0 Å². The number of hydrogen-bond acceptors (Lipinski definition) is 6. The van der Waals surface area contributed by atoms with E-state index in [1.54, 1.807) is 18.1 Å². The molecular formula is C19H25N5O3. The number of carbonyl (C=O) groups is 1. The summed E-state index contributed by atoms with van der Waals surface area (Å²) < 4.78 is 5.52. The summed E-state index contributed by atoms with van der Waals surface area (Å²) in [6.07, 6.45) is 1.09. The number of H-pyrrole nitrogens is 1. The molecule has 3 N–H and O–H groups in total. The zero-order valence-corrected chi connectivity index (χ0v) is 15.6. The number of anilines is 1. The van der Waals surface area contributed by atoms with Crippen LogP contribution < -0.4 is 15.0 Å². The molecule has 0 saturated heterocycles. The molecule has 1 aromatic carbocycles. The van der Waals surface area contributed by atoms with E-state index in [0.717, 1.165) is 17.0 Å². The molecule has 2 atom stereocenters. The highest BCUT2D eigenvalue weighted by atomic mass is 16.5. The van der Waals surface area contributed by atoms with Gasteiger partial charge in [-0.15, -0.1) is 0 Å². The predicted octanol–water partition coefficient (Wildman–Crippen LogP) is 0.841. The van der Waals surface area contributed by atoms with Crippen molar-refractivity contribution in [2.45, 2.75) is 13.0 Å². The molecule has 3 rings (SSSR count). The lowest BCUT2D eigenvalue weighted by molar-refractivity contribution is -0.120. The summed E-state index contributed by atoms with van der Waals surface area (Å²) >= 11 is 0. The molecular weight excluding hydrogens is 346 g/mol. The molecule has 2 aromatic rings. The lowest BCUT2D eigenvalue weighted by atomic mass is 9.94. The number of aliphatic hydroxyl groups is 1. The number of aliphatic hydroxyl groups excluding tert-OH is 1. The number of carbonyl (C=O) groups excluding carboxylic acids is 1. The first-order valence-electron chi connectivity index (χ1n) is 9.00. The maximum atomic E-state index is 12.3. The van der Waals surface area contributed by atoms with Crippen LogP contribution in [0.5, 0.6) is 5.75 Å². The normalized spacial score (nSPS) is 19.2. The molecule has 0 aliphatic carbocycles. The minimum atomic E-state index is -0.609. The molecule has 2 unspecified atom stereocenters. The molecule has 8 heteroatoms. The summed E-state index contributed by atoms with van der Waals surface area (Å²) in [5.74, 6) is 1.11. The van der Waals surface area contributed by atoms with Crippen LogP contribution in [-0.2, 0) is 4.79 Å². The zero-order valence-electron chi connectivity index (χ0n) is 15.6. The van der Waals surface area contributed by atoms with Crippen LogP contribution in [0.25, 0.3) is 0 Å². The van der Waals surface area contributed by atoms with Gasteiger partial charge in [-0.3, -0.25) is 19.8 Å². The van der Waals surface area contributed by atoms with Gasteiger partial charge in [0.2, 0.25) is 5.91 Å². The van der Waals surface area contributed by atoms with E-state index in [1.807, 2.05) is 37.3 Å². The Morgan fingerprint density at radius 3 is 2.96 bits per heavy atom. The quantitative estimate of drug-likeness (QED) is 0.597. The lowest BCUT2D eigenvalue weighted by Crippen LogP contribution is -2.41. The summed E-state index contributed by atoms with van der Waals surface area (Å²) in [5.41, 5.74) is 1.61. The van der Waals surface area contributed by atoms with Crippen molar-refractivity contribution in [1.82, 2.24) is 15.5 Å². The standard InChI is InChI=1S/C19H25N5O3/c1-13-17(16-11-22-23-18(16)24(2)19(13)26)21-9-8-20-10-14(25)12-27-15-6-4-3-5-7-15/h3-7,11,13-14,20,25H,8-10,12H2,1-2H3,(H,22,23). The molecule has 0 spiro atoms. The third kappa shape index (κ3) is 4.53. The molecule has 0 fully saturated rings. The van der Waals surface area contributed by atoms with Crippen molar-refractivity contribution >= 4 is 17.4 Å². The summed E-state index contributed by atoms with van der Waals surface area (Å²) in [6.45, 7) is 3.59. The van der Waals surface area contributed by atoms with Gasteiger partial charge in [-0.05, 0) is 19.1 Å². The second-order valence-corrected chi connectivity index (χ2v) is 6.50. The fourth-order valence-electron chi connectivity index (χ4n) is 2.99. The number of benzene rings is 1. The van der Waals surface area contributed by atoms with Gasteiger partial charge in [0.05, 0.1) is 29.9 Å². The molecule has 1 aliphatic heterocycles. The average molecular weight is 371 g/mol. The third-order valence-electron chi connectivity index (χ3n) is 4.48. The number of aliphatic imine (C=N–C) groups is 1. The Morgan fingerprint density at radius 2 is 2.19 bits per heavy atom. The molecule has 0 radical (unpaired) electrons. The number of hydrogen-bond donors (Lipinski definition) is 3. The molecule has 144 valence electrons. The van der Waals surface area contributed by atoms with Crippen LogP contribution in [0.2, 0.25) is 0 Å². The van der Waals surface area contributed by atoms with Crippen LogP contribution in [0, 0.1) is 5.92 Å². The monoisotopic (exact) mass is 371 g/mol. The Kier molecular flexibility index (Phi) is 6.20. The van der Waals surface area contributed by atoms with E-state index in [4.69, 9.17) is 4.74 Å². The Bertz CT molecular complexity index is 790. The van der Waals surface area contributed by atoms with E-state index >= 15 is 0 Å². The average Bonchev–Trinajstić information content (AvgIpc) is 3.17. The number of nitrogens with zero attached hydrogens (tertiary/aromatic N) is 3. The van der Waals surface area contributed by atoms with Crippen LogP contribution in [0.3, 0.4) is 0 Å². The van der Waals surface area contributed by atoms with Crippen LogP contribution in [0.4, 0.5) is 5.82 Å². The van der Waals surface area contributed by atoms with E-state index in [-0.39, 0.29) is 18.4 Å². The molecule has 27 heavy (non-hydrogen) atoms. The molecule has 0 saturated carbocycles. The zero-order chi connectivity index (χ0) is 19.2. The van der Waals surface area contributed by atoms with E-state index in [2.05, 4.69) is 20.5 Å². The Morgan fingerprint density at radius 1 is 1.41 bits per heavy atom. The topological polar surface area (TPSA) is 103 Å². The number of aromatic amines is 1. The van der Waals surface area contributed by atoms with Crippen LogP contribution in [0.1, 0.15) is 12.5 Å². The second-order valence-electron chi connectivity index (χ2n) is 6.50. The Hall–Kier alpha value is -2.71. The Balaban J connectivity index is 1.44.